The van der Waals surface area contributed by atoms with Crippen LogP contribution >= 0.6 is 21.6 Å². The van der Waals surface area contributed by atoms with Gasteiger partial charge in [0.2, 0.25) is 82.7 Å². The van der Waals surface area contributed by atoms with Gasteiger partial charge in [-0.1, -0.05) is 131 Å². The molecule has 0 bridgehead atoms. The Kier molecular flexibility index (Phi) is 41.7. The van der Waals surface area contributed by atoms with Crippen molar-refractivity contribution in [3.05, 3.63) is 144 Å². The number of nitrogens with two attached hydrogens (primary N) is 5. The van der Waals surface area contributed by atoms with Gasteiger partial charge in [-0.3, -0.25) is 67.1 Å². The molecule has 648 valence electrons. The lowest BCUT2D eigenvalue weighted by atomic mass is 10.00. The minimum absolute atomic E-state index is 0.104. The van der Waals surface area contributed by atoms with E-state index < -0.39 is 217 Å². The van der Waals surface area contributed by atoms with E-state index in [1.165, 1.54) is 6.92 Å². The number of H-pyrrole nitrogens is 1. The highest BCUT2D eigenvalue weighted by molar-refractivity contribution is 8.76. The number of carboxylic acids is 1. The number of carbonyl (C=O) groups excluding carboxylic acids is 14. The Bertz CT molecular complexity index is 4240. The molecule has 15 atom stereocenters. The number of carboxylic acid groups (broad SMARTS) is 2. The molecule has 0 saturated carbocycles. The predicted octanol–water partition coefficient (Wildman–Crippen LogP) is -5.29. The standard InChI is InChI=1S/C76H104N18O19S2.CH3NO2/c1-41(79)64(100)82-37-61(99)83-58-39-114-115-40-59(76(112)113)92-72(108)57(38-95)91-75(111)63(43(3)97)94-71(107)54(33-46-23-11-6-12-24-46)90-74(110)62(42(2)96)93-66(102)51(28-16-18-30-78)84-69(105)55(34-47-36-81-49-26-14-13-25-48(47)49)88-68(104)53(32-45-21-9-5-10-22-45)86-67(103)52(31-44-19-7-4-8-20-44)87-70(106)56(35-60(80)98)89-65(101)50(85-73(58)109)27-15-17-29-77;2-1(3)4/h4-14,19-26,36,41-43,50-59,62-63,81,95-97H,15-18,27-35,37-40,77-79H2,1-3H3,(H2,80,98)(H,82,100)(H,83,99)(H,84,105)(H,85,109)(H,86,103)(H,87,106)(H,88,104)(H,89,101)(H,90,110)(H,91,111)(H,92,108)(H,93,102)(H,94,107)(H,112,113);2H2,(H,3,4)/t41-,42?,43?,50-,51-,52-,53-,54-,55-,56-,57-,58-,59-,62-,63-;/m0./s1. The van der Waals surface area contributed by atoms with E-state index in [1.54, 1.807) is 121 Å². The second-order valence-electron chi connectivity index (χ2n) is 27.9. The molecule has 1 fully saturated rings. The Morgan fingerprint density at radius 1 is 0.462 bits per heavy atom. The van der Waals surface area contributed by atoms with Crippen LogP contribution in [0.15, 0.2) is 121 Å². The van der Waals surface area contributed by atoms with Gasteiger partial charge >= 0.3 is 12.1 Å². The second-order valence-corrected chi connectivity index (χ2v) is 30.5. The van der Waals surface area contributed by atoms with Crippen molar-refractivity contribution in [3.8, 4) is 0 Å². The molecule has 15 amide bonds. The molecule has 0 aliphatic carbocycles. The summed E-state index contributed by atoms with van der Waals surface area (Å²) in [5.41, 5.74) is 29.7. The number of benzene rings is 4. The Balaban J connectivity index is 0.00000616. The van der Waals surface area contributed by atoms with Crippen molar-refractivity contribution < 1.29 is 102 Å². The summed E-state index contributed by atoms with van der Waals surface area (Å²) >= 11 is 0. The summed E-state index contributed by atoms with van der Waals surface area (Å²) in [7, 11) is 1.49. The molecule has 2 unspecified atom stereocenters. The van der Waals surface area contributed by atoms with E-state index in [2.05, 4.69) is 79.8 Å². The van der Waals surface area contributed by atoms with Crippen LogP contribution in [0.2, 0.25) is 0 Å². The molecule has 29 N–H and O–H groups in total. The first-order valence-electron chi connectivity index (χ1n) is 38.1. The highest BCUT2D eigenvalue weighted by Crippen LogP contribution is 2.25. The van der Waals surface area contributed by atoms with Gasteiger partial charge in [0.1, 0.15) is 72.5 Å². The van der Waals surface area contributed by atoms with Crippen molar-refractivity contribution in [3.63, 3.8) is 0 Å². The number of hydrogen-bond acceptors (Lipinski definition) is 24. The fourth-order valence-electron chi connectivity index (χ4n) is 11.9. The largest absolute Gasteiger partial charge is 0.480 e. The van der Waals surface area contributed by atoms with E-state index in [1.807, 2.05) is 0 Å². The number of aliphatic hydroxyl groups is 3. The van der Waals surface area contributed by atoms with Crippen LogP contribution in [0.5, 0.6) is 0 Å². The maximum atomic E-state index is 15.4. The van der Waals surface area contributed by atoms with Crippen LogP contribution in [0.3, 0.4) is 0 Å². The summed E-state index contributed by atoms with van der Waals surface area (Å²) in [4.78, 5) is 226. The number of aliphatic carboxylic acids is 1. The van der Waals surface area contributed by atoms with E-state index in [0.717, 1.165) is 35.4 Å². The predicted molar refractivity (Wildman–Crippen MR) is 437 cm³/mol. The third-order valence-electron chi connectivity index (χ3n) is 18.3. The second kappa shape index (κ2) is 50.7. The Labute approximate surface area is 692 Å². The highest BCUT2D eigenvalue weighted by atomic mass is 33.1. The molecule has 1 saturated heterocycles. The lowest BCUT2D eigenvalue weighted by Crippen LogP contribution is -2.63. The zero-order chi connectivity index (χ0) is 87.8. The molecule has 0 radical (unpaired) electrons. The van der Waals surface area contributed by atoms with Gasteiger partial charge in [-0.2, -0.15) is 0 Å². The Morgan fingerprint density at radius 2 is 0.832 bits per heavy atom. The third kappa shape index (κ3) is 34.0. The molecule has 6 rings (SSSR count). The van der Waals surface area contributed by atoms with Crippen LogP contribution in [0.4, 0.5) is 4.79 Å². The van der Waals surface area contributed by atoms with Gasteiger partial charge in [0, 0.05) is 54.3 Å². The number of nitrogens with one attached hydrogen (secondary N) is 14. The maximum absolute atomic E-state index is 15.4. The molecule has 1 aliphatic rings. The van der Waals surface area contributed by atoms with E-state index in [9.17, 15) is 78.0 Å². The van der Waals surface area contributed by atoms with Crippen molar-refractivity contribution >= 4 is 127 Å². The molecule has 1 aromatic heterocycles. The molecule has 0 spiro atoms. The number of aromatic nitrogens is 1. The van der Waals surface area contributed by atoms with Gasteiger partial charge < -0.3 is 128 Å². The average Bonchev–Trinajstić information content (AvgIpc) is 1.75. The zero-order valence-corrected chi connectivity index (χ0v) is 67.3. The molecule has 5 aromatic rings. The van der Waals surface area contributed by atoms with Gasteiger partial charge in [-0.25, -0.2) is 9.59 Å². The van der Waals surface area contributed by atoms with Gasteiger partial charge in [0.15, 0.2) is 0 Å². The summed E-state index contributed by atoms with van der Waals surface area (Å²) in [6.45, 7) is 1.88. The number of aliphatic hydroxyl groups excluding tert-OH is 3. The number of carbonyl (C=O) groups is 16. The van der Waals surface area contributed by atoms with Crippen molar-refractivity contribution in [2.75, 3.05) is 37.7 Å². The summed E-state index contributed by atoms with van der Waals surface area (Å²) in [5.74, 6) is -17.7. The lowest BCUT2D eigenvalue weighted by molar-refractivity contribution is -0.142. The minimum Gasteiger partial charge on any atom is -0.480 e. The first-order chi connectivity index (χ1) is 56.6. The number of primary amides is 2. The number of hydrogen-bond donors (Lipinski definition) is 24. The summed E-state index contributed by atoms with van der Waals surface area (Å²) in [6, 6.07) is 9.57. The molecule has 2 heterocycles. The topological polar surface area (TPSA) is 677 Å². The number of unbranched alkanes of at least 4 members (excludes halogenated alkanes) is 2. The van der Waals surface area contributed by atoms with Crippen LogP contribution in [0.25, 0.3) is 10.9 Å². The van der Waals surface area contributed by atoms with Crippen molar-refractivity contribution in [2.24, 2.45) is 28.7 Å². The molecule has 42 heteroatoms. The molecule has 119 heavy (non-hydrogen) atoms. The van der Waals surface area contributed by atoms with Gasteiger partial charge in [-0.05, 0) is 101 Å². The third-order valence-corrected chi connectivity index (χ3v) is 20.7. The van der Waals surface area contributed by atoms with Crippen molar-refractivity contribution in [1.82, 2.24) is 74.1 Å². The summed E-state index contributed by atoms with van der Waals surface area (Å²) in [5, 5.41) is 83.3. The first-order valence-corrected chi connectivity index (χ1v) is 40.6. The SMILES string of the molecule is CC(O)[C@@H]1NC(=O)[C@H](Cc2ccccc2)NC(=O)[C@H](C(C)O)NC(=O)[C@H](CCCCN)NC(=O)[C@H](Cc2c[nH]c3ccccc23)NC(=O)[C@H](Cc2ccccc2)NC(=O)[C@H](Cc2ccccc2)NC(=O)[C@H](CC(N)=O)NC(=O)[C@H](CCCCN)NC(=O)[C@@H](NC(=O)CNC(=O)[C@H](C)N)CSSC[C@@H](C(=O)O)NC(=O)[C@H](CO)NC1=O.NC(=O)O. The minimum atomic E-state index is -1.99. The van der Waals surface area contributed by atoms with Crippen LogP contribution in [-0.4, -0.2) is 254 Å². The summed E-state index contributed by atoms with van der Waals surface area (Å²) in [6.07, 6.45) is -4.81. The Hall–Kier alpha value is -11.8. The summed E-state index contributed by atoms with van der Waals surface area (Å²) < 4.78 is 0. The zero-order valence-electron chi connectivity index (χ0n) is 65.7. The van der Waals surface area contributed by atoms with Crippen LogP contribution in [0.1, 0.15) is 88.0 Å². The quantitative estimate of drug-likeness (QED) is 0.0182. The molecular formula is C77H107N19O21S2. The van der Waals surface area contributed by atoms with Crippen molar-refractivity contribution in [1.29, 1.82) is 0 Å². The Morgan fingerprint density at radius 3 is 1.27 bits per heavy atom. The van der Waals surface area contributed by atoms with Gasteiger partial charge in [0.05, 0.1) is 37.8 Å². The van der Waals surface area contributed by atoms with Crippen molar-refractivity contribution in [2.45, 2.75) is 182 Å². The molecular weight excluding hydrogens is 1590 g/mol. The number of para-hydroxylation sites is 1. The molecule has 40 nitrogen and oxygen atoms in total. The number of fused-ring (bicyclic) bond motifs is 1. The van der Waals surface area contributed by atoms with Crippen LogP contribution < -0.4 is 97.8 Å². The fraction of sp³-hybridized carbons (Fsp3) is 0.455. The first kappa shape index (κ1) is 97.8. The van der Waals surface area contributed by atoms with E-state index in [0.29, 0.717) is 39.6 Å². The van der Waals surface area contributed by atoms with E-state index in [4.69, 9.17) is 32.8 Å². The van der Waals surface area contributed by atoms with Gasteiger partial charge in [-0.15, -0.1) is 0 Å². The van der Waals surface area contributed by atoms with Gasteiger partial charge in [0.25, 0.3) is 0 Å². The monoisotopic (exact) mass is 1700 g/mol. The van der Waals surface area contributed by atoms with E-state index >= 15 is 14.4 Å². The maximum Gasteiger partial charge on any atom is 0.402 e. The van der Waals surface area contributed by atoms with E-state index in [-0.39, 0.29) is 70.9 Å². The normalized spacial score (nSPS) is 23.2. The van der Waals surface area contributed by atoms with Crippen LogP contribution in [-0.2, 0) is 97.6 Å². The number of aromatic amines is 1. The molecule has 1 aliphatic heterocycles. The number of rotatable bonds is 26. The highest BCUT2D eigenvalue weighted by Gasteiger charge is 2.40. The molecule has 4 aromatic carbocycles. The van der Waals surface area contributed by atoms with Crippen LogP contribution in [0, 0.1) is 0 Å². The lowest BCUT2D eigenvalue weighted by Gasteiger charge is -2.29. The average molecular weight is 1700 g/mol. The number of amides is 15. The smallest absolute Gasteiger partial charge is 0.402 e. The fourth-order valence-corrected chi connectivity index (χ4v) is 14.3.